The van der Waals surface area contributed by atoms with Crippen LogP contribution in [0.25, 0.3) is 5.57 Å². The SMILES string of the molecule is CO/C=C(/C(=O)OC)c1cccnc1CCl. The van der Waals surface area contributed by atoms with E-state index in [0.717, 1.165) is 0 Å². The lowest BCUT2D eigenvalue weighted by atomic mass is 10.1. The van der Waals surface area contributed by atoms with Crippen LogP contribution in [0.5, 0.6) is 0 Å². The molecule has 1 heterocycles. The van der Waals surface area contributed by atoms with Crippen molar-refractivity contribution in [3.8, 4) is 0 Å². The first-order valence-corrected chi connectivity index (χ1v) is 5.09. The number of rotatable bonds is 4. The van der Waals surface area contributed by atoms with Crippen molar-refractivity contribution in [2.45, 2.75) is 5.88 Å². The monoisotopic (exact) mass is 241 g/mol. The van der Waals surface area contributed by atoms with E-state index >= 15 is 0 Å². The second-order valence-electron chi connectivity index (χ2n) is 2.89. The Labute approximate surface area is 98.8 Å². The molecule has 1 aromatic heterocycles. The van der Waals surface area contributed by atoms with E-state index < -0.39 is 5.97 Å². The molecule has 86 valence electrons. The summed E-state index contributed by atoms with van der Waals surface area (Å²) >= 11 is 5.74. The van der Waals surface area contributed by atoms with Crippen molar-refractivity contribution < 1.29 is 14.3 Å². The van der Waals surface area contributed by atoms with Gasteiger partial charge in [-0.15, -0.1) is 11.6 Å². The van der Waals surface area contributed by atoms with Gasteiger partial charge in [-0.3, -0.25) is 4.98 Å². The average molecular weight is 242 g/mol. The molecule has 0 amide bonds. The van der Waals surface area contributed by atoms with Crippen molar-refractivity contribution in [1.29, 1.82) is 0 Å². The Balaban J connectivity index is 3.21. The minimum Gasteiger partial charge on any atom is -0.503 e. The number of aromatic nitrogens is 1. The van der Waals surface area contributed by atoms with Crippen LogP contribution in [0, 0.1) is 0 Å². The number of carbonyl (C=O) groups excluding carboxylic acids is 1. The normalized spacial score (nSPS) is 11.1. The highest BCUT2D eigenvalue weighted by Gasteiger charge is 2.16. The molecule has 0 aromatic carbocycles. The summed E-state index contributed by atoms with van der Waals surface area (Å²) in [6.07, 6.45) is 2.93. The molecule has 0 radical (unpaired) electrons. The van der Waals surface area contributed by atoms with E-state index in [1.165, 1.54) is 20.5 Å². The number of pyridine rings is 1. The van der Waals surface area contributed by atoms with Gasteiger partial charge in [0.25, 0.3) is 0 Å². The van der Waals surface area contributed by atoms with Crippen molar-refractivity contribution in [2.75, 3.05) is 14.2 Å². The summed E-state index contributed by atoms with van der Waals surface area (Å²) in [5.74, 6) is -0.268. The zero-order valence-corrected chi connectivity index (χ0v) is 9.82. The van der Waals surface area contributed by atoms with Crippen molar-refractivity contribution in [3.63, 3.8) is 0 Å². The van der Waals surface area contributed by atoms with Crippen LogP contribution in [0.3, 0.4) is 0 Å². The average Bonchev–Trinajstić information content (AvgIpc) is 2.35. The summed E-state index contributed by atoms with van der Waals surface area (Å²) in [7, 11) is 2.77. The number of nitrogens with zero attached hydrogens (tertiary/aromatic N) is 1. The molecule has 0 spiro atoms. The molecule has 5 heteroatoms. The number of carbonyl (C=O) groups is 1. The maximum Gasteiger partial charge on any atom is 0.341 e. The maximum atomic E-state index is 11.5. The molecule has 0 aliphatic rings. The van der Waals surface area contributed by atoms with Gasteiger partial charge >= 0.3 is 5.97 Å². The van der Waals surface area contributed by atoms with Crippen LogP contribution in [0.4, 0.5) is 0 Å². The molecule has 0 fully saturated rings. The van der Waals surface area contributed by atoms with Crippen LogP contribution < -0.4 is 0 Å². The Bertz CT molecular complexity index is 404. The fraction of sp³-hybridized carbons (Fsp3) is 0.273. The molecule has 0 bridgehead atoms. The fourth-order valence-electron chi connectivity index (χ4n) is 1.24. The van der Waals surface area contributed by atoms with Crippen LogP contribution in [-0.2, 0) is 20.1 Å². The highest BCUT2D eigenvalue weighted by atomic mass is 35.5. The highest BCUT2D eigenvalue weighted by Crippen LogP contribution is 2.20. The predicted octanol–water partition coefficient (Wildman–Crippen LogP) is 1.98. The molecule has 16 heavy (non-hydrogen) atoms. The van der Waals surface area contributed by atoms with Crippen molar-refractivity contribution in [1.82, 2.24) is 4.98 Å². The van der Waals surface area contributed by atoms with Gasteiger partial charge in [-0.2, -0.15) is 0 Å². The quantitative estimate of drug-likeness (QED) is 0.350. The van der Waals surface area contributed by atoms with Crippen molar-refractivity contribution >= 4 is 23.1 Å². The first-order valence-electron chi connectivity index (χ1n) is 4.56. The Morgan fingerprint density at radius 1 is 1.56 bits per heavy atom. The minimum atomic E-state index is -0.485. The minimum absolute atomic E-state index is 0.216. The van der Waals surface area contributed by atoms with Gasteiger partial charge in [0.1, 0.15) is 5.57 Å². The van der Waals surface area contributed by atoms with Gasteiger partial charge in [-0.25, -0.2) is 4.79 Å². The first kappa shape index (κ1) is 12.5. The van der Waals surface area contributed by atoms with Crippen molar-refractivity contribution in [3.05, 3.63) is 35.8 Å². The van der Waals surface area contributed by atoms with Gasteiger partial charge in [0.2, 0.25) is 0 Å². The zero-order chi connectivity index (χ0) is 12.0. The van der Waals surface area contributed by atoms with Gasteiger partial charge in [0, 0.05) is 11.8 Å². The molecule has 0 atom stereocenters. The Hall–Kier alpha value is -1.55. The van der Waals surface area contributed by atoms with Crippen LogP contribution in [0.1, 0.15) is 11.3 Å². The number of halogens is 1. The molecule has 4 nitrogen and oxygen atoms in total. The molecule has 0 unspecified atom stereocenters. The van der Waals surface area contributed by atoms with E-state index in [0.29, 0.717) is 16.8 Å². The number of alkyl halides is 1. The molecule has 0 N–H and O–H groups in total. The molecule has 0 aliphatic heterocycles. The molecule has 1 aromatic rings. The van der Waals surface area contributed by atoms with E-state index in [-0.39, 0.29) is 5.88 Å². The number of ether oxygens (including phenoxy) is 2. The van der Waals surface area contributed by atoms with Crippen molar-refractivity contribution in [2.24, 2.45) is 0 Å². The summed E-state index contributed by atoms with van der Waals surface area (Å²) < 4.78 is 9.51. The van der Waals surface area contributed by atoms with E-state index in [1.807, 2.05) is 0 Å². The standard InChI is InChI=1S/C11H12ClNO3/c1-15-7-9(11(14)16-2)8-4-3-5-13-10(8)6-12/h3-5,7H,6H2,1-2H3/b9-7+. The predicted molar refractivity (Wildman–Crippen MR) is 60.8 cm³/mol. The second kappa shape index (κ2) is 6.12. The molecule has 0 saturated carbocycles. The maximum absolute atomic E-state index is 11.5. The molecule has 0 saturated heterocycles. The lowest BCUT2D eigenvalue weighted by Gasteiger charge is -2.08. The number of methoxy groups -OCH3 is 2. The molecule has 0 aliphatic carbocycles. The topological polar surface area (TPSA) is 48.4 Å². The highest BCUT2D eigenvalue weighted by molar-refractivity contribution is 6.19. The number of hydrogen-bond acceptors (Lipinski definition) is 4. The molecular formula is C11H12ClNO3. The third kappa shape index (κ3) is 2.73. The Morgan fingerprint density at radius 2 is 2.31 bits per heavy atom. The van der Waals surface area contributed by atoms with Gasteiger partial charge in [-0.1, -0.05) is 6.07 Å². The fourth-order valence-corrected chi connectivity index (χ4v) is 1.45. The van der Waals surface area contributed by atoms with E-state index in [4.69, 9.17) is 16.3 Å². The Kier molecular flexibility index (Phi) is 4.79. The second-order valence-corrected chi connectivity index (χ2v) is 3.16. The van der Waals surface area contributed by atoms with Gasteiger partial charge in [0.15, 0.2) is 0 Å². The first-order chi connectivity index (χ1) is 7.74. The zero-order valence-electron chi connectivity index (χ0n) is 9.07. The Morgan fingerprint density at radius 3 is 2.88 bits per heavy atom. The van der Waals surface area contributed by atoms with Crippen LogP contribution in [0.15, 0.2) is 24.6 Å². The van der Waals surface area contributed by atoms with Gasteiger partial charge < -0.3 is 9.47 Å². The summed E-state index contributed by atoms with van der Waals surface area (Å²) in [4.78, 5) is 15.6. The molecular weight excluding hydrogens is 230 g/mol. The van der Waals surface area contributed by atoms with Crippen LogP contribution in [-0.4, -0.2) is 25.2 Å². The van der Waals surface area contributed by atoms with E-state index in [9.17, 15) is 4.79 Å². The van der Waals surface area contributed by atoms with E-state index in [1.54, 1.807) is 18.3 Å². The smallest absolute Gasteiger partial charge is 0.341 e. The van der Waals surface area contributed by atoms with Gasteiger partial charge in [0.05, 0.1) is 32.1 Å². The summed E-state index contributed by atoms with van der Waals surface area (Å²) in [5, 5.41) is 0. The van der Waals surface area contributed by atoms with E-state index in [2.05, 4.69) is 9.72 Å². The summed E-state index contributed by atoms with van der Waals surface area (Å²) in [6.45, 7) is 0. The number of esters is 1. The third-order valence-corrected chi connectivity index (χ3v) is 2.20. The van der Waals surface area contributed by atoms with Gasteiger partial charge in [-0.05, 0) is 6.07 Å². The third-order valence-electron chi connectivity index (χ3n) is 1.95. The lowest BCUT2D eigenvalue weighted by Crippen LogP contribution is -2.07. The van der Waals surface area contributed by atoms with Crippen LogP contribution in [0.2, 0.25) is 0 Å². The van der Waals surface area contributed by atoms with Crippen LogP contribution >= 0.6 is 11.6 Å². The summed E-state index contributed by atoms with van der Waals surface area (Å²) in [6, 6.07) is 3.46. The largest absolute Gasteiger partial charge is 0.503 e. The summed E-state index contributed by atoms with van der Waals surface area (Å²) in [5.41, 5.74) is 1.53. The molecule has 1 rings (SSSR count). The number of hydrogen-bond donors (Lipinski definition) is 0. The lowest BCUT2D eigenvalue weighted by molar-refractivity contribution is -0.133.